The van der Waals surface area contributed by atoms with E-state index in [4.69, 9.17) is 11.6 Å². The summed E-state index contributed by atoms with van der Waals surface area (Å²) in [7, 11) is 0. The Balaban J connectivity index is 3.84. The minimum Gasteiger partial charge on any atom is -0.369 e. The highest BCUT2D eigenvalue weighted by molar-refractivity contribution is 7.98. The monoisotopic (exact) mass is 176 g/mol. The summed E-state index contributed by atoms with van der Waals surface area (Å²) in [6.07, 6.45) is 3.04. The molecule has 0 saturated carbocycles. The Bertz CT molecular complexity index is 126. The zero-order valence-electron chi connectivity index (χ0n) is 7.00. The number of hydrazine groups is 1. The van der Waals surface area contributed by atoms with Gasteiger partial charge in [0, 0.05) is 5.75 Å². The van der Waals surface area contributed by atoms with Crippen molar-refractivity contribution in [2.24, 2.45) is 16.6 Å². The lowest BCUT2D eigenvalue weighted by Gasteiger charge is -2.08. The topological polar surface area (TPSA) is 76.4 Å². The largest absolute Gasteiger partial charge is 0.369 e. The van der Waals surface area contributed by atoms with Crippen LogP contribution in [0.1, 0.15) is 13.3 Å². The van der Waals surface area contributed by atoms with Crippen molar-refractivity contribution in [1.29, 1.82) is 0 Å². The second-order valence-electron chi connectivity index (χ2n) is 2.18. The standard InChI is InChI=1S/C6H16N4S/c1-3-5(4-11-2)9-6(7)10-8/h5H,3-4,8H2,1-2H3,(H3,7,9,10). The van der Waals surface area contributed by atoms with E-state index in [0.717, 1.165) is 12.2 Å². The van der Waals surface area contributed by atoms with E-state index in [1.54, 1.807) is 11.8 Å². The number of aliphatic imine (C=N–C) groups is 1. The van der Waals surface area contributed by atoms with Crippen molar-refractivity contribution in [3.8, 4) is 0 Å². The first-order valence-electron chi connectivity index (χ1n) is 3.53. The van der Waals surface area contributed by atoms with E-state index < -0.39 is 0 Å². The Labute approximate surface area is 71.8 Å². The fourth-order valence-corrected chi connectivity index (χ4v) is 1.37. The summed E-state index contributed by atoms with van der Waals surface area (Å²) in [5.41, 5.74) is 7.69. The Morgan fingerprint density at radius 1 is 1.73 bits per heavy atom. The molecule has 11 heavy (non-hydrogen) atoms. The van der Waals surface area contributed by atoms with E-state index in [0.29, 0.717) is 5.96 Å². The van der Waals surface area contributed by atoms with E-state index in [1.165, 1.54) is 0 Å². The lowest BCUT2D eigenvalue weighted by Crippen LogP contribution is -2.38. The van der Waals surface area contributed by atoms with Crippen LogP contribution in [0.15, 0.2) is 4.99 Å². The van der Waals surface area contributed by atoms with E-state index >= 15 is 0 Å². The number of nitrogens with one attached hydrogen (secondary N) is 1. The van der Waals surface area contributed by atoms with Crippen molar-refractivity contribution < 1.29 is 0 Å². The van der Waals surface area contributed by atoms with Gasteiger partial charge in [-0.15, -0.1) is 0 Å². The fraction of sp³-hybridized carbons (Fsp3) is 0.833. The molecule has 0 aliphatic carbocycles. The van der Waals surface area contributed by atoms with Gasteiger partial charge < -0.3 is 5.73 Å². The number of nitrogens with zero attached hydrogens (tertiary/aromatic N) is 1. The molecule has 0 fully saturated rings. The number of thioether (sulfide) groups is 1. The Hall–Kier alpha value is -0.420. The van der Waals surface area contributed by atoms with Crippen LogP contribution in [0, 0.1) is 0 Å². The maximum Gasteiger partial charge on any atom is 0.203 e. The van der Waals surface area contributed by atoms with Crippen LogP contribution in [0.4, 0.5) is 0 Å². The van der Waals surface area contributed by atoms with Crippen LogP contribution in [0.5, 0.6) is 0 Å². The molecule has 1 unspecified atom stereocenters. The molecule has 66 valence electrons. The highest BCUT2D eigenvalue weighted by Gasteiger charge is 2.02. The minimum absolute atomic E-state index is 0.279. The summed E-state index contributed by atoms with van der Waals surface area (Å²) in [5.74, 6) is 6.35. The van der Waals surface area contributed by atoms with Gasteiger partial charge in [0.25, 0.3) is 0 Å². The third-order valence-corrected chi connectivity index (χ3v) is 2.02. The van der Waals surface area contributed by atoms with E-state index in [-0.39, 0.29) is 6.04 Å². The van der Waals surface area contributed by atoms with Crippen molar-refractivity contribution in [3.05, 3.63) is 0 Å². The average Bonchev–Trinajstić information content (AvgIpc) is 2.03. The van der Waals surface area contributed by atoms with Crippen LogP contribution in [0.25, 0.3) is 0 Å². The van der Waals surface area contributed by atoms with Gasteiger partial charge in [-0.2, -0.15) is 11.8 Å². The van der Waals surface area contributed by atoms with Crippen LogP contribution in [0.2, 0.25) is 0 Å². The highest BCUT2D eigenvalue weighted by Crippen LogP contribution is 2.04. The third kappa shape index (κ3) is 4.92. The molecule has 0 aromatic rings. The van der Waals surface area contributed by atoms with Gasteiger partial charge in [-0.25, -0.2) is 10.8 Å². The van der Waals surface area contributed by atoms with Gasteiger partial charge in [0.1, 0.15) is 0 Å². The molecule has 0 rings (SSSR count). The summed E-state index contributed by atoms with van der Waals surface area (Å²) >= 11 is 1.76. The Morgan fingerprint density at radius 2 is 2.36 bits per heavy atom. The van der Waals surface area contributed by atoms with Gasteiger partial charge in [0.2, 0.25) is 5.96 Å². The maximum atomic E-state index is 5.38. The molecular formula is C6H16N4S. The lowest BCUT2D eigenvalue weighted by atomic mass is 10.3. The van der Waals surface area contributed by atoms with Crippen molar-refractivity contribution in [2.75, 3.05) is 12.0 Å². The molecule has 0 aliphatic heterocycles. The van der Waals surface area contributed by atoms with Gasteiger partial charge in [0.15, 0.2) is 0 Å². The van der Waals surface area contributed by atoms with Crippen LogP contribution in [-0.2, 0) is 0 Å². The molecular weight excluding hydrogens is 160 g/mol. The van der Waals surface area contributed by atoms with E-state index in [2.05, 4.69) is 17.3 Å². The van der Waals surface area contributed by atoms with Gasteiger partial charge in [-0.1, -0.05) is 6.92 Å². The van der Waals surface area contributed by atoms with Gasteiger partial charge in [-0.05, 0) is 12.7 Å². The SMILES string of the molecule is CCC(CSC)N=C(N)NN. The molecule has 0 saturated heterocycles. The summed E-state index contributed by atoms with van der Waals surface area (Å²) < 4.78 is 0. The van der Waals surface area contributed by atoms with Crippen molar-refractivity contribution >= 4 is 17.7 Å². The van der Waals surface area contributed by atoms with Crippen LogP contribution >= 0.6 is 11.8 Å². The van der Waals surface area contributed by atoms with Crippen LogP contribution < -0.4 is 17.0 Å². The molecule has 0 heterocycles. The van der Waals surface area contributed by atoms with E-state index in [1.807, 2.05) is 6.26 Å². The summed E-state index contributed by atoms with van der Waals surface area (Å²) in [5, 5.41) is 0. The molecule has 0 radical (unpaired) electrons. The highest BCUT2D eigenvalue weighted by atomic mass is 32.2. The second-order valence-corrected chi connectivity index (χ2v) is 3.09. The molecule has 1 atom stereocenters. The molecule has 0 aromatic carbocycles. The van der Waals surface area contributed by atoms with Crippen molar-refractivity contribution in [1.82, 2.24) is 5.43 Å². The minimum atomic E-state index is 0.279. The normalized spacial score (nSPS) is 14.6. The molecule has 0 spiro atoms. The Kier molecular flexibility index (Phi) is 6.06. The molecule has 5 N–H and O–H groups in total. The number of rotatable bonds is 4. The Morgan fingerprint density at radius 3 is 2.73 bits per heavy atom. The first-order chi connectivity index (χ1) is 5.24. The zero-order valence-corrected chi connectivity index (χ0v) is 7.82. The van der Waals surface area contributed by atoms with Crippen LogP contribution in [0.3, 0.4) is 0 Å². The lowest BCUT2D eigenvalue weighted by molar-refractivity contribution is 0.718. The first kappa shape index (κ1) is 10.6. The smallest absolute Gasteiger partial charge is 0.203 e. The number of nitrogens with two attached hydrogens (primary N) is 2. The van der Waals surface area contributed by atoms with E-state index in [9.17, 15) is 0 Å². The van der Waals surface area contributed by atoms with Gasteiger partial charge in [0.05, 0.1) is 6.04 Å². The van der Waals surface area contributed by atoms with Crippen LogP contribution in [-0.4, -0.2) is 24.0 Å². The quantitative estimate of drug-likeness (QED) is 0.242. The van der Waals surface area contributed by atoms with Crippen molar-refractivity contribution in [3.63, 3.8) is 0 Å². The second kappa shape index (κ2) is 6.30. The van der Waals surface area contributed by atoms with Crippen molar-refractivity contribution in [2.45, 2.75) is 19.4 Å². The number of hydrogen-bond donors (Lipinski definition) is 3. The summed E-state index contributed by atoms with van der Waals surface area (Å²) in [4.78, 5) is 4.14. The number of hydrogen-bond acceptors (Lipinski definition) is 3. The predicted octanol–water partition coefficient (Wildman–Crippen LogP) is -0.0940. The molecule has 0 bridgehead atoms. The average molecular weight is 176 g/mol. The summed E-state index contributed by atoms with van der Waals surface area (Å²) in [6.45, 7) is 2.08. The first-order valence-corrected chi connectivity index (χ1v) is 4.92. The zero-order chi connectivity index (χ0) is 8.69. The third-order valence-electron chi connectivity index (χ3n) is 1.30. The van der Waals surface area contributed by atoms with Gasteiger partial charge in [-0.3, -0.25) is 5.43 Å². The predicted molar refractivity (Wildman–Crippen MR) is 51.4 cm³/mol. The molecule has 0 amide bonds. The molecule has 0 aromatic heterocycles. The fourth-order valence-electron chi connectivity index (χ4n) is 0.673. The molecule has 5 heteroatoms. The molecule has 0 aliphatic rings. The molecule has 4 nitrogen and oxygen atoms in total. The maximum absolute atomic E-state index is 5.38. The number of guanidine groups is 1. The van der Waals surface area contributed by atoms with Gasteiger partial charge >= 0.3 is 0 Å². The summed E-state index contributed by atoms with van der Waals surface area (Å²) in [6, 6.07) is 0.279.